The molecule has 0 aliphatic carbocycles. The van der Waals surface area contributed by atoms with Gasteiger partial charge in [-0.3, -0.25) is 14.5 Å². The summed E-state index contributed by atoms with van der Waals surface area (Å²) in [6.45, 7) is 8.53. The highest BCUT2D eigenvalue weighted by Gasteiger charge is 2.48. The van der Waals surface area contributed by atoms with E-state index in [1.807, 2.05) is 43.5 Å². The molecule has 9 heteroatoms. The average Bonchev–Trinajstić information content (AvgIpc) is 3.61. The maximum atomic E-state index is 13.5. The first-order chi connectivity index (χ1) is 18.2. The first-order valence-electron chi connectivity index (χ1n) is 12.2. The van der Waals surface area contributed by atoms with Crippen LogP contribution in [0.3, 0.4) is 0 Å². The van der Waals surface area contributed by atoms with Gasteiger partial charge in [-0.25, -0.2) is 4.98 Å². The Morgan fingerprint density at radius 3 is 2.53 bits per heavy atom. The van der Waals surface area contributed by atoms with E-state index in [-0.39, 0.29) is 11.3 Å². The molecule has 2 aromatic carbocycles. The van der Waals surface area contributed by atoms with E-state index in [0.29, 0.717) is 34.5 Å². The fourth-order valence-corrected chi connectivity index (χ4v) is 6.31. The Balaban J connectivity index is 1.61. The number of methoxy groups -OCH3 is 1. The molecule has 7 nitrogen and oxygen atoms in total. The number of ether oxygens (including phenoxy) is 2. The van der Waals surface area contributed by atoms with Crippen molar-refractivity contribution >= 4 is 55.5 Å². The van der Waals surface area contributed by atoms with Crippen molar-refractivity contribution in [3.05, 3.63) is 75.0 Å². The van der Waals surface area contributed by atoms with Gasteiger partial charge in [-0.05, 0) is 72.7 Å². The molecule has 1 amide bonds. The lowest BCUT2D eigenvalue weighted by molar-refractivity contribution is -0.132. The number of thiazole rings is 1. The molecule has 0 spiro atoms. The molecule has 1 atom stereocenters. The van der Waals surface area contributed by atoms with Crippen LogP contribution in [0.2, 0.25) is 0 Å². The van der Waals surface area contributed by atoms with Crippen LogP contribution in [-0.4, -0.2) is 35.5 Å². The molecule has 1 fully saturated rings. The zero-order valence-corrected chi connectivity index (χ0v) is 23.4. The second-order valence-corrected chi connectivity index (χ2v) is 11.6. The van der Waals surface area contributed by atoms with Crippen LogP contribution in [0, 0.1) is 19.8 Å². The quantitative estimate of drug-likeness (QED) is 0.158. The molecule has 1 saturated heterocycles. The minimum atomic E-state index is -0.796. The van der Waals surface area contributed by atoms with Gasteiger partial charge in [0.15, 0.2) is 5.13 Å². The number of aryl methyl sites for hydroxylation is 2. The number of nitrogens with zero attached hydrogens (tertiary/aromatic N) is 2. The van der Waals surface area contributed by atoms with Crippen LogP contribution in [0.5, 0.6) is 11.5 Å². The van der Waals surface area contributed by atoms with Gasteiger partial charge in [-0.2, -0.15) is 0 Å². The van der Waals surface area contributed by atoms with Crippen molar-refractivity contribution in [2.24, 2.45) is 5.92 Å². The monoisotopic (exact) mass is 548 g/mol. The van der Waals surface area contributed by atoms with Gasteiger partial charge in [0.25, 0.3) is 5.78 Å². The summed E-state index contributed by atoms with van der Waals surface area (Å²) in [4.78, 5) is 33.7. The third-order valence-corrected chi connectivity index (χ3v) is 8.32. The van der Waals surface area contributed by atoms with Crippen LogP contribution >= 0.6 is 22.7 Å². The first-order valence-corrected chi connectivity index (χ1v) is 13.9. The highest BCUT2D eigenvalue weighted by molar-refractivity contribution is 7.22. The van der Waals surface area contributed by atoms with E-state index in [9.17, 15) is 14.7 Å². The number of anilines is 1. The molecule has 5 rings (SSSR count). The molecule has 4 aromatic rings. The molecule has 1 unspecified atom stereocenters. The van der Waals surface area contributed by atoms with Crippen molar-refractivity contribution in [1.29, 1.82) is 0 Å². The molecule has 196 valence electrons. The van der Waals surface area contributed by atoms with Gasteiger partial charge in [0.05, 0.1) is 29.5 Å². The van der Waals surface area contributed by atoms with Gasteiger partial charge in [-0.15, -0.1) is 11.3 Å². The number of fused-ring (bicyclic) bond motifs is 1. The third-order valence-electron chi connectivity index (χ3n) is 6.38. The van der Waals surface area contributed by atoms with Crippen LogP contribution < -0.4 is 14.4 Å². The minimum Gasteiger partial charge on any atom is -0.507 e. The van der Waals surface area contributed by atoms with Crippen molar-refractivity contribution in [2.45, 2.75) is 33.7 Å². The predicted octanol–water partition coefficient (Wildman–Crippen LogP) is 6.64. The fourth-order valence-electron chi connectivity index (χ4n) is 4.49. The molecule has 0 bridgehead atoms. The summed E-state index contributed by atoms with van der Waals surface area (Å²) < 4.78 is 12.1. The maximum absolute atomic E-state index is 13.5. The summed E-state index contributed by atoms with van der Waals surface area (Å²) in [5, 5.41) is 13.7. The molecule has 38 heavy (non-hydrogen) atoms. The fraction of sp³-hybridized carbons (Fsp3) is 0.276. The number of aliphatic hydroxyl groups excluding tert-OH is 1. The molecule has 1 aliphatic rings. The average molecular weight is 549 g/mol. The number of carbonyl (C=O) groups excluding carboxylic acids is 2. The number of carbonyl (C=O) groups is 2. The molecule has 3 heterocycles. The van der Waals surface area contributed by atoms with Crippen LogP contribution in [0.15, 0.2) is 53.4 Å². The SMILES string of the molecule is COc1cc2sc(N3C(=O)C(=O)/C(=C(/O)c4ccc(OCC(C)C)c(C)c4)C3c3cccs3)nc2cc1C. The number of ketones is 1. The summed E-state index contributed by atoms with van der Waals surface area (Å²) in [7, 11) is 1.61. The van der Waals surface area contributed by atoms with Gasteiger partial charge < -0.3 is 14.6 Å². The van der Waals surface area contributed by atoms with Gasteiger partial charge >= 0.3 is 5.91 Å². The van der Waals surface area contributed by atoms with Crippen molar-refractivity contribution in [3.63, 3.8) is 0 Å². The van der Waals surface area contributed by atoms with Gasteiger partial charge in [0, 0.05) is 10.4 Å². The normalized spacial score (nSPS) is 17.1. The van der Waals surface area contributed by atoms with Gasteiger partial charge in [-0.1, -0.05) is 31.3 Å². The summed E-state index contributed by atoms with van der Waals surface area (Å²) in [5.41, 5.74) is 2.95. The topological polar surface area (TPSA) is 89.0 Å². The molecular formula is C29H28N2O5S2. The Bertz CT molecular complexity index is 1570. The van der Waals surface area contributed by atoms with Crippen molar-refractivity contribution in [3.8, 4) is 11.5 Å². The molecule has 2 aromatic heterocycles. The number of thiophene rings is 1. The number of Topliss-reactive ketones (excluding diaryl/α,β-unsaturated/α-hetero) is 1. The summed E-state index contributed by atoms with van der Waals surface area (Å²) in [6.07, 6.45) is 0. The van der Waals surface area contributed by atoms with Crippen LogP contribution in [0.4, 0.5) is 5.13 Å². The summed E-state index contributed by atoms with van der Waals surface area (Å²) in [5.74, 6) is 0.123. The maximum Gasteiger partial charge on any atom is 0.301 e. The zero-order chi connectivity index (χ0) is 27.1. The number of benzene rings is 2. The number of hydrogen-bond donors (Lipinski definition) is 1. The lowest BCUT2D eigenvalue weighted by atomic mass is 9.99. The Morgan fingerprint density at radius 2 is 1.87 bits per heavy atom. The van der Waals surface area contributed by atoms with Crippen molar-refractivity contribution in [2.75, 3.05) is 18.6 Å². The molecule has 0 saturated carbocycles. The number of hydrogen-bond acceptors (Lipinski definition) is 8. The zero-order valence-electron chi connectivity index (χ0n) is 21.8. The lowest BCUT2D eigenvalue weighted by Crippen LogP contribution is -2.28. The first kappa shape index (κ1) is 25.9. The highest BCUT2D eigenvalue weighted by Crippen LogP contribution is 2.46. The minimum absolute atomic E-state index is 0.0423. The smallest absolute Gasteiger partial charge is 0.301 e. The Morgan fingerprint density at radius 1 is 1.11 bits per heavy atom. The molecule has 1 N–H and O–H groups in total. The van der Waals surface area contributed by atoms with Gasteiger partial charge in [0.2, 0.25) is 0 Å². The number of amides is 1. The van der Waals surface area contributed by atoms with E-state index in [1.165, 1.54) is 27.6 Å². The van der Waals surface area contributed by atoms with Crippen LogP contribution in [0.25, 0.3) is 16.0 Å². The third kappa shape index (κ3) is 4.56. The Hall–Kier alpha value is -3.69. The van der Waals surface area contributed by atoms with Crippen molar-refractivity contribution < 1.29 is 24.2 Å². The molecule has 0 radical (unpaired) electrons. The molecule has 1 aliphatic heterocycles. The second kappa shape index (κ2) is 10.2. The van der Waals surface area contributed by atoms with E-state index in [0.717, 1.165) is 26.5 Å². The number of aromatic nitrogens is 1. The van der Waals surface area contributed by atoms with E-state index in [2.05, 4.69) is 13.8 Å². The lowest BCUT2D eigenvalue weighted by Gasteiger charge is -2.21. The Kier molecular flexibility index (Phi) is 6.98. The van der Waals surface area contributed by atoms with E-state index < -0.39 is 17.7 Å². The van der Waals surface area contributed by atoms with Crippen LogP contribution in [0.1, 0.15) is 41.5 Å². The standard InChI is InChI=1S/C29H28N2O5S2/c1-15(2)14-36-20-9-8-18(11-16(20)3)26(32)24-25(22-7-6-10-37-22)31(28(34)27(24)33)29-30-19-12-17(4)21(35-5)13-23(19)38-29/h6-13,15,25,32H,14H2,1-5H3/b26-24+. The van der Waals surface area contributed by atoms with Crippen LogP contribution in [-0.2, 0) is 9.59 Å². The van der Waals surface area contributed by atoms with E-state index in [4.69, 9.17) is 14.5 Å². The summed E-state index contributed by atoms with van der Waals surface area (Å²) >= 11 is 2.72. The van der Waals surface area contributed by atoms with Gasteiger partial charge in [0.1, 0.15) is 23.3 Å². The Labute approximate surface area is 229 Å². The van der Waals surface area contributed by atoms with Crippen molar-refractivity contribution in [1.82, 2.24) is 4.98 Å². The highest BCUT2D eigenvalue weighted by atomic mass is 32.1. The molecular weight excluding hydrogens is 520 g/mol. The number of aliphatic hydroxyl groups is 1. The van der Waals surface area contributed by atoms with E-state index >= 15 is 0 Å². The largest absolute Gasteiger partial charge is 0.507 e. The second-order valence-electron chi connectivity index (χ2n) is 9.66. The van der Waals surface area contributed by atoms with E-state index in [1.54, 1.807) is 25.3 Å². The summed E-state index contributed by atoms with van der Waals surface area (Å²) in [6, 6.07) is 12.0. The number of rotatable bonds is 7. The predicted molar refractivity (Wildman–Crippen MR) is 152 cm³/mol.